The molecular weight excluding hydrogens is 354 g/mol. The van der Waals surface area contributed by atoms with E-state index >= 15 is 0 Å². The summed E-state index contributed by atoms with van der Waals surface area (Å²) < 4.78 is 9.67. The summed E-state index contributed by atoms with van der Waals surface area (Å²) in [5.41, 5.74) is 2.25. The molecule has 0 aliphatic carbocycles. The average molecular weight is 381 g/mol. The van der Waals surface area contributed by atoms with Gasteiger partial charge < -0.3 is 14.8 Å². The lowest BCUT2D eigenvalue weighted by atomic mass is 10.0. The van der Waals surface area contributed by atoms with E-state index in [9.17, 15) is 14.4 Å². The molecule has 1 aromatic carbocycles. The van der Waals surface area contributed by atoms with Crippen molar-refractivity contribution in [3.05, 3.63) is 29.3 Å². The number of thioether (sulfide) groups is 1. The second-order valence-corrected chi connectivity index (χ2v) is 7.51. The topological polar surface area (TPSA) is 81.7 Å². The predicted molar refractivity (Wildman–Crippen MR) is 101 cm³/mol. The van der Waals surface area contributed by atoms with Crippen molar-refractivity contribution in [1.82, 2.24) is 5.32 Å². The molecule has 0 saturated heterocycles. The van der Waals surface area contributed by atoms with Gasteiger partial charge in [-0.15, -0.1) is 11.8 Å². The van der Waals surface area contributed by atoms with Crippen LogP contribution in [0.2, 0.25) is 0 Å². The second kappa shape index (κ2) is 10.9. The van der Waals surface area contributed by atoms with Crippen LogP contribution in [0.3, 0.4) is 0 Å². The number of rotatable bonds is 9. The van der Waals surface area contributed by atoms with Gasteiger partial charge in [-0.3, -0.25) is 9.59 Å². The first-order valence-corrected chi connectivity index (χ1v) is 9.44. The summed E-state index contributed by atoms with van der Waals surface area (Å²) in [5.74, 6) is -1.20. The van der Waals surface area contributed by atoms with E-state index in [4.69, 9.17) is 4.74 Å². The normalized spacial score (nSPS) is 11.8. The Balaban J connectivity index is 2.42. The summed E-state index contributed by atoms with van der Waals surface area (Å²) >= 11 is 1.37. The van der Waals surface area contributed by atoms with Crippen LogP contribution in [-0.4, -0.2) is 43.4 Å². The van der Waals surface area contributed by atoms with E-state index < -0.39 is 30.5 Å². The molecule has 1 atom stereocenters. The zero-order chi connectivity index (χ0) is 19.7. The van der Waals surface area contributed by atoms with Crippen molar-refractivity contribution >= 4 is 29.6 Å². The monoisotopic (exact) mass is 381 g/mol. The number of carbonyl (C=O) groups is 3. The minimum atomic E-state index is -0.740. The number of methoxy groups -OCH3 is 1. The highest BCUT2D eigenvalue weighted by molar-refractivity contribution is 8.00. The lowest BCUT2D eigenvalue weighted by Gasteiger charge is -2.18. The molecular formula is C19H27NO5S. The molecule has 26 heavy (non-hydrogen) atoms. The van der Waals surface area contributed by atoms with Crippen LogP contribution in [0, 0.1) is 19.8 Å². The molecule has 0 aliphatic rings. The zero-order valence-electron chi connectivity index (χ0n) is 16.0. The molecule has 0 bridgehead atoms. The Bertz CT molecular complexity index is 645. The maximum absolute atomic E-state index is 11.9. The maximum atomic E-state index is 11.9. The Morgan fingerprint density at radius 2 is 1.88 bits per heavy atom. The van der Waals surface area contributed by atoms with Gasteiger partial charge in [-0.05, 0) is 37.8 Å². The Hall–Kier alpha value is -2.02. The minimum absolute atomic E-state index is 0.115. The SMILES string of the molecule is COC(=O)[C@@H](CC(C)C)NC(=O)COC(=O)CSc1ccc(C)cc1C. The van der Waals surface area contributed by atoms with Crippen LogP contribution >= 0.6 is 11.8 Å². The first-order valence-electron chi connectivity index (χ1n) is 8.45. The number of aryl methyl sites for hydroxylation is 2. The molecule has 0 radical (unpaired) electrons. The molecule has 1 rings (SSSR count). The van der Waals surface area contributed by atoms with Gasteiger partial charge in [-0.25, -0.2) is 4.79 Å². The fraction of sp³-hybridized carbons (Fsp3) is 0.526. The van der Waals surface area contributed by atoms with Gasteiger partial charge in [0.1, 0.15) is 6.04 Å². The molecule has 0 aliphatic heterocycles. The van der Waals surface area contributed by atoms with E-state index in [0.717, 1.165) is 16.0 Å². The van der Waals surface area contributed by atoms with E-state index in [1.807, 2.05) is 45.9 Å². The van der Waals surface area contributed by atoms with E-state index in [1.54, 1.807) is 0 Å². The molecule has 0 heterocycles. The number of carbonyl (C=O) groups excluding carboxylic acids is 3. The first kappa shape index (κ1) is 22.0. The fourth-order valence-electron chi connectivity index (χ4n) is 2.35. The molecule has 0 aromatic heterocycles. The molecule has 0 unspecified atom stereocenters. The lowest BCUT2D eigenvalue weighted by Crippen LogP contribution is -2.44. The van der Waals surface area contributed by atoms with E-state index in [2.05, 4.69) is 10.1 Å². The summed E-state index contributed by atoms with van der Waals surface area (Å²) in [6.07, 6.45) is 0.453. The molecule has 1 aromatic rings. The van der Waals surface area contributed by atoms with Crippen LogP contribution in [0.5, 0.6) is 0 Å². The van der Waals surface area contributed by atoms with Crippen molar-refractivity contribution in [3.63, 3.8) is 0 Å². The van der Waals surface area contributed by atoms with Gasteiger partial charge in [-0.1, -0.05) is 31.5 Å². The quantitative estimate of drug-likeness (QED) is 0.523. The maximum Gasteiger partial charge on any atom is 0.328 e. The molecule has 144 valence electrons. The van der Waals surface area contributed by atoms with Gasteiger partial charge in [0, 0.05) is 4.90 Å². The fourth-order valence-corrected chi connectivity index (χ4v) is 3.16. The molecule has 0 saturated carbocycles. The summed E-state index contributed by atoms with van der Waals surface area (Å²) in [4.78, 5) is 36.4. The molecule has 6 nitrogen and oxygen atoms in total. The van der Waals surface area contributed by atoms with Crippen molar-refractivity contribution in [2.75, 3.05) is 19.5 Å². The third kappa shape index (κ3) is 7.91. The Kier molecular flexibility index (Phi) is 9.19. The molecule has 1 amide bonds. The second-order valence-electron chi connectivity index (χ2n) is 6.49. The Morgan fingerprint density at radius 3 is 2.46 bits per heavy atom. The number of ether oxygens (including phenoxy) is 2. The highest BCUT2D eigenvalue weighted by Gasteiger charge is 2.23. The highest BCUT2D eigenvalue weighted by Crippen LogP contribution is 2.23. The van der Waals surface area contributed by atoms with Gasteiger partial charge in [0.05, 0.1) is 12.9 Å². The van der Waals surface area contributed by atoms with Crippen molar-refractivity contribution < 1.29 is 23.9 Å². The number of esters is 2. The third-order valence-corrected chi connectivity index (χ3v) is 4.72. The molecule has 0 fully saturated rings. The van der Waals surface area contributed by atoms with Gasteiger partial charge in [-0.2, -0.15) is 0 Å². The number of amides is 1. The van der Waals surface area contributed by atoms with Crippen LogP contribution in [0.4, 0.5) is 0 Å². The molecule has 1 N–H and O–H groups in total. The molecule has 7 heteroatoms. The number of nitrogens with one attached hydrogen (secondary N) is 1. The lowest BCUT2D eigenvalue weighted by molar-refractivity contribution is -0.149. The highest BCUT2D eigenvalue weighted by atomic mass is 32.2. The van der Waals surface area contributed by atoms with Gasteiger partial charge in [0.2, 0.25) is 0 Å². The smallest absolute Gasteiger partial charge is 0.328 e. The van der Waals surface area contributed by atoms with Gasteiger partial charge in [0.25, 0.3) is 5.91 Å². The number of benzene rings is 1. The van der Waals surface area contributed by atoms with E-state index in [0.29, 0.717) is 6.42 Å². The van der Waals surface area contributed by atoms with E-state index in [-0.39, 0.29) is 11.7 Å². The summed E-state index contributed by atoms with van der Waals surface area (Å²) in [6, 6.07) is 5.25. The van der Waals surface area contributed by atoms with Crippen molar-refractivity contribution in [2.45, 2.75) is 45.1 Å². The summed E-state index contributed by atoms with van der Waals surface area (Å²) in [6.45, 7) is 7.45. The number of hydrogen-bond donors (Lipinski definition) is 1. The minimum Gasteiger partial charge on any atom is -0.467 e. The van der Waals surface area contributed by atoms with Crippen LogP contribution in [0.1, 0.15) is 31.4 Å². The van der Waals surface area contributed by atoms with Crippen molar-refractivity contribution in [2.24, 2.45) is 5.92 Å². The van der Waals surface area contributed by atoms with Gasteiger partial charge in [0.15, 0.2) is 6.61 Å². The van der Waals surface area contributed by atoms with E-state index in [1.165, 1.54) is 18.9 Å². The molecule has 0 spiro atoms. The van der Waals surface area contributed by atoms with Crippen molar-refractivity contribution in [1.29, 1.82) is 0 Å². The standard InChI is InChI=1S/C19H27NO5S/c1-12(2)8-15(19(23)24-5)20-17(21)10-25-18(22)11-26-16-7-6-13(3)9-14(16)4/h6-7,9,12,15H,8,10-11H2,1-5H3,(H,20,21)/t15-/m1/s1. The van der Waals surface area contributed by atoms with Crippen LogP contribution < -0.4 is 5.32 Å². The third-order valence-electron chi connectivity index (χ3n) is 3.57. The summed E-state index contributed by atoms with van der Waals surface area (Å²) in [7, 11) is 1.27. The summed E-state index contributed by atoms with van der Waals surface area (Å²) in [5, 5.41) is 2.55. The van der Waals surface area contributed by atoms with Crippen molar-refractivity contribution in [3.8, 4) is 0 Å². The Morgan fingerprint density at radius 1 is 1.19 bits per heavy atom. The average Bonchev–Trinajstić information content (AvgIpc) is 2.57. The van der Waals surface area contributed by atoms with Crippen LogP contribution in [0.15, 0.2) is 23.1 Å². The Labute approximate surface area is 159 Å². The largest absolute Gasteiger partial charge is 0.467 e. The number of hydrogen-bond acceptors (Lipinski definition) is 6. The van der Waals surface area contributed by atoms with Gasteiger partial charge >= 0.3 is 11.9 Å². The first-order chi connectivity index (χ1) is 12.2. The predicted octanol–water partition coefficient (Wildman–Crippen LogP) is 2.64. The van der Waals surface area contributed by atoms with Crippen LogP contribution in [-0.2, 0) is 23.9 Å². The van der Waals surface area contributed by atoms with Crippen LogP contribution in [0.25, 0.3) is 0 Å². The zero-order valence-corrected chi connectivity index (χ0v) is 16.8.